The van der Waals surface area contributed by atoms with Gasteiger partial charge in [-0.15, -0.1) is 0 Å². The number of unbranched alkanes of at least 4 members (excludes halogenated alkanes) is 1. The maximum Gasteiger partial charge on any atom is 0.337 e. The molecule has 1 aromatic rings. The summed E-state index contributed by atoms with van der Waals surface area (Å²) in [6.45, 7) is 10.2. The van der Waals surface area contributed by atoms with Crippen LogP contribution in [0.25, 0.3) is 0 Å². The summed E-state index contributed by atoms with van der Waals surface area (Å²) in [6.07, 6.45) is 10.6. The molecule has 2 aliphatic heterocycles. The van der Waals surface area contributed by atoms with Crippen molar-refractivity contribution in [1.82, 2.24) is 10.2 Å². The van der Waals surface area contributed by atoms with Crippen molar-refractivity contribution in [3.8, 4) is 17.2 Å². The number of methoxy groups -OCH3 is 2. The highest BCUT2D eigenvalue weighted by Gasteiger charge is 2.51. The number of aliphatic carboxylic acids is 1. The quantitative estimate of drug-likeness (QED) is 0.169. The Kier molecular flexibility index (Phi) is 10.1. The van der Waals surface area contributed by atoms with E-state index >= 15 is 0 Å². The molecule has 4 rings (SSSR count). The molecule has 3 aliphatic rings. The third-order valence-electron chi connectivity index (χ3n) is 7.96. The number of ether oxygens (including phenoxy) is 5. The van der Waals surface area contributed by atoms with Crippen LogP contribution < -0.4 is 19.5 Å². The molecule has 0 fully saturated rings. The number of nitrogens with one attached hydrogen (secondary N) is 1. The van der Waals surface area contributed by atoms with Crippen LogP contribution in [0.15, 0.2) is 71.3 Å². The van der Waals surface area contributed by atoms with Crippen molar-refractivity contribution in [3.63, 3.8) is 0 Å². The van der Waals surface area contributed by atoms with Gasteiger partial charge >= 0.3 is 11.9 Å². The van der Waals surface area contributed by atoms with Crippen LogP contribution in [-0.2, 0) is 25.5 Å². The summed E-state index contributed by atoms with van der Waals surface area (Å²) in [4.78, 5) is 28.6. The zero-order chi connectivity index (χ0) is 31.1. The van der Waals surface area contributed by atoms with Gasteiger partial charge in [-0.05, 0) is 55.2 Å². The van der Waals surface area contributed by atoms with Gasteiger partial charge in [0, 0.05) is 35.7 Å². The zero-order valence-corrected chi connectivity index (χ0v) is 25.7. The number of esters is 1. The highest BCUT2D eigenvalue weighted by molar-refractivity contribution is 5.89. The molecule has 0 spiro atoms. The predicted octanol–water partition coefficient (Wildman–Crippen LogP) is 5.23. The Labute approximate surface area is 253 Å². The minimum absolute atomic E-state index is 0.0989. The van der Waals surface area contributed by atoms with Crippen molar-refractivity contribution in [2.75, 3.05) is 34.3 Å². The first-order valence-corrected chi connectivity index (χ1v) is 14.6. The van der Waals surface area contributed by atoms with Crippen molar-refractivity contribution in [2.45, 2.75) is 58.4 Å². The molecule has 1 aromatic carbocycles. The zero-order valence-electron chi connectivity index (χ0n) is 25.7. The number of nitrogens with zero attached hydrogens (tertiary/aromatic N) is 1. The van der Waals surface area contributed by atoms with E-state index in [1.165, 1.54) is 7.11 Å². The first-order valence-electron chi connectivity index (χ1n) is 14.6. The fourth-order valence-corrected chi connectivity index (χ4v) is 5.73. The Morgan fingerprint density at radius 1 is 1.19 bits per heavy atom. The maximum absolute atomic E-state index is 13.9. The van der Waals surface area contributed by atoms with E-state index in [0.717, 1.165) is 24.8 Å². The van der Waals surface area contributed by atoms with Gasteiger partial charge in [-0.25, -0.2) is 9.59 Å². The topological polar surface area (TPSA) is 116 Å². The minimum atomic E-state index is -1.16. The molecule has 43 heavy (non-hydrogen) atoms. The van der Waals surface area contributed by atoms with Gasteiger partial charge in [0.2, 0.25) is 6.79 Å². The average molecular weight is 595 g/mol. The monoisotopic (exact) mass is 594 g/mol. The summed E-state index contributed by atoms with van der Waals surface area (Å²) >= 11 is 0. The van der Waals surface area contributed by atoms with Crippen molar-refractivity contribution >= 4 is 11.9 Å². The first kappa shape index (κ1) is 31.6. The van der Waals surface area contributed by atoms with Gasteiger partial charge in [0.15, 0.2) is 17.0 Å². The Morgan fingerprint density at radius 2 is 1.93 bits per heavy atom. The Morgan fingerprint density at radius 3 is 2.56 bits per heavy atom. The van der Waals surface area contributed by atoms with Gasteiger partial charge < -0.3 is 39.0 Å². The summed E-state index contributed by atoms with van der Waals surface area (Å²) in [6, 6.07) is 3.48. The smallest absolute Gasteiger partial charge is 0.337 e. The van der Waals surface area contributed by atoms with Gasteiger partial charge in [0.05, 0.1) is 26.6 Å². The molecule has 0 bridgehead atoms. The molecule has 2 N–H and O–H groups in total. The van der Waals surface area contributed by atoms with Crippen LogP contribution in [0.4, 0.5) is 0 Å². The highest BCUT2D eigenvalue weighted by Crippen LogP contribution is 2.41. The predicted molar refractivity (Wildman–Crippen MR) is 161 cm³/mol. The van der Waals surface area contributed by atoms with E-state index in [9.17, 15) is 14.7 Å². The molecule has 2 atom stereocenters. The highest BCUT2D eigenvalue weighted by atomic mass is 16.7. The summed E-state index contributed by atoms with van der Waals surface area (Å²) in [5, 5.41) is 13.8. The third kappa shape index (κ3) is 6.53. The Hall–Kier alpha value is -4.34. The van der Waals surface area contributed by atoms with E-state index in [1.807, 2.05) is 37.1 Å². The van der Waals surface area contributed by atoms with Gasteiger partial charge in [-0.2, -0.15) is 0 Å². The number of carboxylic acids is 1. The van der Waals surface area contributed by atoms with Crippen molar-refractivity contribution in [2.24, 2.45) is 5.92 Å². The molecule has 232 valence electrons. The van der Waals surface area contributed by atoms with Gasteiger partial charge in [-0.3, -0.25) is 0 Å². The van der Waals surface area contributed by atoms with Crippen LogP contribution in [-0.4, -0.2) is 61.8 Å². The molecule has 1 aliphatic carbocycles. The molecule has 0 aromatic heterocycles. The standard InChI is InChI=1S/C33H42N2O8/c1-7-9-10-23-15-24(39-5)11-12-33(23,32(38)41-18-21(3)4)35-17-27(34-19-35)25(8-2)26(31(36)37)13-22-14-29-30(43-20-42-29)16-28(22)40-6/h11-12,14-17,23,34H,3,7-10,13,18-20H2,1-2,4-6H3,(H,36,37). The number of hydrogen-bond acceptors (Lipinski definition) is 9. The Balaban J connectivity index is 1.76. The summed E-state index contributed by atoms with van der Waals surface area (Å²) in [7, 11) is 3.14. The van der Waals surface area contributed by atoms with Crippen LogP contribution >= 0.6 is 0 Å². The van der Waals surface area contributed by atoms with Crippen molar-refractivity contribution in [3.05, 3.63) is 76.9 Å². The molecular weight excluding hydrogens is 552 g/mol. The van der Waals surface area contributed by atoms with Crippen molar-refractivity contribution in [1.29, 1.82) is 0 Å². The molecule has 0 saturated carbocycles. The summed E-state index contributed by atoms with van der Waals surface area (Å²) in [5.74, 6) is 0.613. The molecule has 2 unspecified atom stereocenters. The normalized spacial score (nSPS) is 21.0. The first-order chi connectivity index (χ1) is 20.7. The maximum atomic E-state index is 13.9. The molecule has 2 heterocycles. The summed E-state index contributed by atoms with van der Waals surface area (Å²) in [5.41, 5.74) is 1.71. The van der Waals surface area contributed by atoms with Crippen molar-refractivity contribution < 1.29 is 38.4 Å². The number of carbonyl (C=O) groups excluding carboxylic acids is 1. The van der Waals surface area contributed by atoms with E-state index < -0.39 is 17.5 Å². The average Bonchev–Trinajstić information content (AvgIpc) is 3.68. The van der Waals surface area contributed by atoms with Gasteiger partial charge in [0.25, 0.3) is 0 Å². The second-order valence-electron chi connectivity index (χ2n) is 10.9. The third-order valence-corrected chi connectivity index (χ3v) is 7.96. The van der Waals surface area contributed by atoms with Crippen LogP contribution in [0.1, 0.15) is 52.0 Å². The number of benzene rings is 1. The lowest BCUT2D eigenvalue weighted by Crippen LogP contribution is -2.57. The van der Waals surface area contributed by atoms with Crippen LogP contribution in [0.3, 0.4) is 0 Å². The van der Waals surface area contributed by atoms with Crippen LogP contribution in [0.2, 0.25) is 0 Å². The number of hydrogen-bond donors (Lipinski definition) is 2. The minimum Gasteiger partial charge on any atom is -0.497 e. The number of carbonyl (C=O) groups is 2. The van der Waals surface area contributed by atoms with Crippen LogP contribution in [0.5, 0.6) is 17.2 Å². The number of rotatable bonds is 14. The summed E-state index contributed by atoms with van der Waals surface area (Å²) < 4.78 is 27.9. The lowest BCUT2D eigenvalue weighted by Gasteiger charge is -2.43. The van der Waals surface area contributed by atoms with Crippen LogP contribution in [0, 0.1) is 5.92 Å². The second kappa shape index (κ2) is 13.8. The molecule has 0 saturated heterocycles. The lowest BCUT2D eigenvalue weighted by atomic mass is 9.76. The van der Waals surface area contributed by atoms with E-state index in [-0.39, 0.29) is 38.0 Å². The fourth-order valence-electron chi connectivity index (χ4n) is 5.73. The number of fused-ring (bicyclic) bond motifs is 1. The Bertz CT molecular complexity index is 1370. The largest absolute Gasteiger partial charge is 0.497 e. The van der Waals surface area contributed by atoms with E-state index in [4.69, 9.17) is 23.7 Å². The number of carboxylic acid groups (broad SMARTS) is 1. The molecule has 10 nitrogen and oxygen atoms in total. The fraction of sp³-hybridized carbons (Fsp3) is 0.455. The molecular formula is C33H42N2O8. The SMILES string of the molecule is C=C(C)COC(=O)C1(N2C=C(C(CC)=C(Cc3cc4c(cc3OC)OCO4)C(=O)O)NC2)C=CC(OC)=CC1CCCC. The molecule has 10 heteroatoms. The lowest BCUT2D eigenvalue weighted by molar-refractivity contribution is -0.155. The van der Waals surface area contributed by atoms with E-state index in [2.05, 4.69) is 18.8 Å². The molecule has 0 amide bonds. The van der Waals surface area contributed by atoms with Gasteiger partial charge in [-0.1, -0.05) is 33.3 Å². The van der Waals surface area contributed by atoms with Gasteiger partial charge in [0.1, 0.15) is 18.1 Å². The van der Waals surface area contributed by atoms with E-state index in [1.54, 1.807) is 25.3 Å². The number of allylic oxidation sites excluding steroid dienone is 2. The second-order valence-corrected chi connectivity index (χ2v) is 10.9. The molecule has 0 radical (unpaired) electrons. The van der Waals surface area contributed by atoms with E-state index in [0.29, 0.717) is 46.3 Å².